The average molecular weight is 465 g/mol. The summed E-state index contributed by atoms with van der Waals surface area (Å²) >= 11 is 0. The number of rotatable bonds is 9. The molecular weight excluding hydrogens is 432 g/mol. The first-order valence-corrected chi connectivity index (χ1v) is 12.1. The number of aliphatic carboxylic acids is 1. The van der Waals surface area contributed by atoms with Crippen LogP contribution in [0.4, 0.5) is 4.79 Å². The van der Waals surface area contributed by atoms with Gasteiger partial charge in [0.2, 0.25) is 5.91 Å². The monoisotopic (exact) mass is 464 g/mol. The molecule has 7 heteroatoms. The molecule has 0 aliphatic heterocycles. The fourth-order valence-electron chi connectivity index (χ4n) is 5.19. The molecule has 0 spiro atoms. The van der Waals surface area contributed by atoms with Crippen LogP contribution in [0.2, 0.25) is 0 Å². The Morgan fingerprint density at radius 2 is 1.62 bits per heavy atom. The Balaban J connectivity index is 1.29. The van der Waals surface area contributed by atoms with Crippen molar-refractivity contribution in [3.63, 3.8) is 0 Å². The number of ether oxygens (including phenoxy) is 1. The van der Waals surface area contributed by atoms with E-state index in [0.29, 0.717) is 25.7 Å². The van der Waals surface area contributed by atoms with Gasteiger partial charge in [-0.25, -0.2) is 9.59 Å². The first-order chi connectivity index (χ1) is 16.4. The van der Waals surface area contributed by atoms with Crippen molar-refractivity contribution in [1.29, 1.82) is 0 Å². The summed E-state index contributed by atoms with van der Waals surface area (Å²) in [5.41, 5.74) is 3.51. The van der Waals surface area contributed by atoms with Gasteiger partial charge < -0.3 is 20.5 Å². The predicted octanol–water partition coefficient (Wildman–Crippen LogP) is 4.60. The van der Waals surface area contributed by atoms with Crippen molar-refractivity contribution in [2.75, 3.05) is 6.61 Å². The maximum atomic E-state index is 12.5. The normalized spacial score (nSPS) is 16.9. The average Bonchev–Trinajstić information content (AvgIpc) is 3.44. The van der Waals surface area contributed by atoms with Crippen LogP contribution in [0.5, 0.6) is 0 Å². The Bertz CT molecular complexity index is 1010. The van der Waals surface area contributed by atoms with Crippen molar-refractivity contribution in [2.45, 2.75) is 69.4 Å². The van der Waals surface area contributed by atoms with E-state index < -0.39 is 17.6 Å². The van der Waals surface area contributed by atoms with Crippen LogP contribution in [-0.2, 0) is 14.3 Å². The van der Waals surface area contributed by atoms with E-state index in [-0.39, 0.29) is 30.9 Å². The zero-order valence-corrected chi connectivity index (χ0v) is 19.5. The van der Waals surface area contributed by atoms with Gasteiger partial charge in [0, 0.05) is 18.4 Å². The number of benzene rings is 2. The molecule has 180 valence electrons. The number of nitrogens with one attached hydrogen (secondary N) is 2. The number of carbonyl (C=O) groups is 3. The molecule has 2 aromatic carbocycles. The van der Waals surface area contributed by atoms with Gasteiger partial charge in [-0.2, -0.15) is 0 Å². The van der Waals surface area contributed by atoms with Crippen LogP contribution in [0.3, 0.4) is 0 Å². The molecule has 4 rings (SSSR count). The van der Waals surface area contributed by atoms with E-state index in [1.54, 1.807) is 0 Å². The van der Waals surface area contributed by atoms with Gasteiger partial charge in [-0.05, 0) is 47.9 Å². The SMILES string of the molecule is CCC(CCC(=O)NC1(C(=O)O)CCCC1)NC(=O)OCC1c2ccccc2-c2ccccc21. The van der Waals surface area contributed by atoms with Gasteiger partial charge in [0.05, 0.1) is 0 Å². The second-order valence-corrected chi connectivity index (χ2v) is 9.26. The van der Waals surface area contributed by atoms with E-state index in [1.165, 1.54) is 11.1 Å². The third-order valence-corrected chi connectivity index (χ3v) is 7.12. The Kier molecular flexibility index (Phi) is 7.20. The molecule has 0 bridgehead atoms. The van der Waals surface area contributed by atoms with Gasteiger partial charge in [0.1, 0.15) is 12.1 Å². The Hall–Kier alpha value is -3.35. The molecule has 1 fully saturated rings. The minimum Gasteiger partial charge on any atom is -0.480 e. The largest absolute Gasteiger partial charge is 0.480 e. The van der Waals surface area contributed by atoms with Gasteiger partial charge in [-0.3, -0.25) is 4.79 Å². The molecule has 34 heavy (non-hydrogen) atoms. The number of fused-ring (bicyclic) bond motifs is 3. The van der Waals surface area contributed by atoms with Gasteiger partial charge in [0.25, 0.3) is 0 Å². The number of amides is 2. The van der Waals surface area contributed by atoms with E-state index in [4.69, 9.17) is 4.74 Å². The molecule has 0 aromatic heterocycles. The van der Waals surface area contributed by atoms with E-state index in [9.17, 15) is 19.5 Å². The summed E-state index contributed by atoms with van der Waals surface area (Å²) in [6, 6.07) is 16.1. The highest BCUT2D eigenvalue weighted by molar-refractivity contribution is 5.87. The number of hydrogen-bond donors (Lipinski definition) is 3. The molecule has 0 radical (unpaired) electrons. The number of hydrogen-bond acceptors (Lipinski definition) is 4. The lowest BCUT2D eigenvalue weighted by atomic mass is 9.97. The Morgan fingerprint density at radius 3 is 2.18 bits per heavy atom. The quantitative estimate of drug-likeness (QED) is 0.503. The third kappa shape index (κ3) is 4.93. The van der Waals surface area contributed by atoms with E-state index in [0.717, 1.165) is 24.0 Å². The lowest BCUT2D eigenvalue weighted by Gasteiger charge is -2.26. The second kappa shape index (κ2) is 10.3. The summed E-state index contributed by atoms with van der Waals surface area (Å²) in [7, 11) is 0. The van der Waals surface area contributed by atoms with Crippen LogP contribution in [-0.4, -0.2) is 41.3 Å². The smallest absolute Gasteiger partial charge is 0.407 e. The van der Waals surface area contributed by atoms with Crippen LogP contribution in [0.15, 0.2) is 48.5 Å². The van der Waals surface area contributed by atoms with Gasteiger partial charge in [-0.15, -0.1) is 0 Å². The molecule has 2 amide bonds. The fourth-order valence-corrected chi connectivity index (χ4v) is 5.19. The molecule has 0 saturated heterocycles. The minimum atomic E-state index is -1.14. The van der Waals surface area contributed by atoms with Gasteiger partial charge in [0.15, 0.2) is 0 Å². The van der Waals surface area contributed by atoms with Crippen molar-refractivity contribution in [1.82, 2.24) is 10.6 Å². The molecule has 2 aliphatic rings. The van der Waals surface area contributed by atoms with Crippen LogP contribution in [0, 0.1) is 0 Å². The molecule has 2 aromatic rings. The van der Waals surface area contributed by atoms with E-state index >= 15 is 0 Å². The zero-order chi connectivity index (χ0) is 24.1. The van der Waals surface area contributed by atoms with Crippen LogP contribution in [0.25, 0.3) is 11.1 Å². The molecule has 0 heterocycles. The molecular formula is C27H32N2O5. The summed E-state index contributed by atoms with van der Waals surface area (Å²) in [4.78, 5) is 36.6. The maximum absolute atomic E-state index is 12.5. The minimum absolute atomic E-state index is 0.0115. The standard InChI is InChI=1S/C27H32N2O5/c1-2-18(13-14-24(30)29-27(25(31)32)15-7-8-16-27)28-26(33)34-17-23-21-11-5-3-9-19(21)20-10-4-6-12-22(20)23/h3-6,9-12,18,23H,2,7-8,13-17H2,1H3,(H,28,33)(H,29,30)(H,31,32). The van der Waals surface area contributed by atoms with E-state index in [2.05, 4.69) is 34.9 Å². The molecule has 3 N–H and O–H groups in total. The van der Waals surface area contributed by atoms with Crippen molar-refractivity contribution < 1.29 is 24.2 Å². The molecule has 1 saturated carbocycles. The molecule has 2 aliphatic carbocycles. The number of alkyl carbamates (subject to hydrolysis) is 1. The van der Waals surface area contributed by atoms with Crippen molar-refractivity contribution in [3.8, 4) is 11.1 Å². The molecule has 7 nitrogen and oxygen atoms in total. The van der Waals surface area contributed by atoms with Crippen molar-refractivity contribution >= 4 is 18.0 Å². The lowest BCUT2D eigenvalue weighted by Crippen LogP contribution is -2.52. The highest BCUT2D eigenvalue weighted by Crippen LogP contribution is 2.44. The second-order valence-electron chi connectivity index (χ2n) is 9.26. The summed E-state index contributed by atoms with van der Waals surface area (Å²) in [6.07, 6.45) is 3.22. The van der Waals surface area contributed by atoms with Crippen LogP contribution in [0.1, 0.15) is 68.9 Å². The van der Waals surface area contributed by atoms with Crippen LogP contribution >= 0.6 is 0 Å². The third-order valence-electron chi connectivity index (χ3n) is 7.12. The maximum Gasteiger partial charge on any atom is 0.407 e. The molecule has 1 unspecified atom stereocenters. The van der Waals surface area contributed by atoms with Crippen LogP contribution < -0.4 is 10.6 Å². The summed E-state index contributed by atoms with van der Waals surface area (Å²) in [5, 5.41) is 15.1. The van der Waals surface area contributed by atoms with Gasteiger partial charge in [-0.1, -0.05) is 68.3 Å². The fraction of sp³-hybridized carbons (Fsp3) is 0.444. The number of carboxylic acid groups (broad SMARTS) is 1. The Morgan fingerprint density at radius 1 is 1.03 bits per heavy atom. The summed E-state index contributed by atoms with van der Waals surface area (Å²) in [5.74, 6) is -1.28. The number of carboxylic acids is 1. The predicted molar refractivity (Wildman–Crippen MR) is 128 cm³/mol. The summed E-state index contributed by atoms with van der Waals surface area (Å²) in [6.45, 7) is 2.17. The highest BCUT2D eigenvalue weighted by Gasteiger charge is 2.42. The Labute approximate surface area is 199 Å². The zero-order valence-electron chi connectivity index (χ0n) is 19.5. The highest BCUT2D eigenvalue weighted by atomic mass is 16.5. The van der Waals surface area contributed by atoms with Crippen molar-refractivity contribution in [3.05, 3.63) is 59.7 Å². The summed E-state index contributed by atoms with van der Waals surface area (Å²) < 4.78 is 5.61. The first-order valence-electron chi connectivity index (χ1n) is 12.1. The lowest BCUT2D eigenvalue weighted by molar-refractivity contribution is -0.147. The first kappa shape index (κ1) is 23.8. The number of carbonyl (C=O) groups excluding carboxylic acids is 2. The van der Waals surface area contributed by atoms with E-state index in [1.807, 2.05) is 31.2 Å². The van der Waals surface area contributed by atoms with Crippen molar-refractivity contribution in [2.24, 2.45) is 0 Å². The van der Waals surface area contributed by atoms with Gasteiger partial charge >= 0.3 is 12.1 Å². The topological polar surface area (TPSA) is 105 Å². The molecule has 1 atom stereocenters.